The third kappa shape index (κ3) is 2.76. The zero-order chi connectivity index (χ0) is 15.2. The molecule has 20 heavy (non-hydrogen) atoms. The molecule has 2 aliphatic heterocycles. The van der Waals surface area contributed by atoms with E-state index < -0.39 is 23.2 Å². The van der Waals surface area contributed by atoms with E-state index in [0.29, 0.717) is 0 Å². The van der Waals surface area contributed by atoms with Gasteiger partial charge >= 0.3 is 24.3 Å². The highest BCUT2D eigenvalue weighted by Crippen LogP contribution is 2.39. The number of hydrogen-bond donors (Lipinski definition) is 0. The SMILES string of the molecule is FC(F)(F)C(O[N+]12C=CN=CC1=NC(Br)=N2)C(F)(F)F. The molecule has 110 valence electrons. The van der Waals surface area contributed by atoms with Crippen molar-refractivity contribution in [3.8, 4) is 0 Å². The summed E-state index contributed by atoms with van der Waals surface area (Å²) in [5.41, 5.74) is 0. The molecule has 2 aliphatic rings. The van der Waals surface area contributed by atoms with E-state index in [0.717, 1.165) is 18.6 Å². The summed E-state index contributed by atoms with van der Waals surface area (Å²) in [5.74, 6) is -0.335. The van der Waals surface area contributed by atoms with E-state index in [1.165, 1.54) is 0 Å². The number of quaternary nitrogens is 1. The average molecular weight is 366 g/mol. The number of halogens is 7. The van der Waals surface area contributed by atoms with Crippen molar-refractivity contribution in [2.24, 2.45) is 15.1 Å². The van der Waals surface area contributed by atoms with Crippen LogP contribution in [0.25, 0.3) is 0 Å². The van der Waals surface area contributed by atoms with E-state index in [4.69, 9.17) is 0 Å². The molecule has 0 bridgehead atoms. The maximum atomic E-state index is 12.5. The molecule has 5 nitrogen and oxygen atoms in total. The Kier molecular flexibility index (Phi) is 3.50. The predicted molar refractivity (Wildman–Crippen MR) is 58.7 cm³/mol. The van der Waals surface area contributed by atoms with Gasteiger partial charge in [0.05, 0.1) is 6.20 Å². The molecule has 0 aliphatic carbocycles. The van der Waals surface area contributed by atoms with Crippen LogP contribution in [0.15, 0.2) is 27.5 Å². The predicted octanol–water partition coefficient (Wildman–Crippen LogP) is 2.86. The van der Waals surface area contributed by atoms with Gasteiger partial charge in [0, 0.05) is 20.7 Å². The van der Waals surface area contributed by atoms with Crippen molar-refractivity contribution in [2.75, 3.05) is 0 Å². The molecule has 0 aromatic carbocycles. The maximum absolute atomic E-state index is 12.5. The standard InChI is InChI=1S/C8H4BrF6N4O/c9-6-17-4-3-16-1-2-19(4,18-6)20-5(7(10,11)12)8(13,14)15/h1-3,5H/q+1. The lowest BCUT2D eigenvalue weighted by molar-refractivity contribution is -1.01. The molecule has 0 aromatic heterocycles. The first-order valence-corrected chi connectivity index (χ1v) is 5.60. The quantitative estimate of drug-likeness (QED) is 0.421. The van der Waals surface area contributed by atoms with Crippen molar-refractivity contribution >= 4 is 32.7 Å². The van der Waals surface area contributed by atoms with Crippen LogP contribution in [0.4, 0.5) is 26.3 Å². The van der Waals surface area contributed by atoms with E-state index in [9.17, 15) is 26.3 Å². The van der Waals surface area contributed by atoms with Crippen LogP contribution < -0.4 is 0 Å². The van der Waals surface area contributed by atoms with Crippen molar-refractivity contribution in [1.29, 1.82) is 0 Å². The van der Waals surface area contributed by atoms with Gasteiger partial charge in [0.1, 0.15) is 6.21 Å². The van der Waals surface area contributed by atoms with E-state index in [1.54, 1.807) is 0 Å². The van der Waals surface area contributed by atoms with Gasteiger partial charge < -0.3 is 0 Å². The number of aliphatic imine (C=N–C) groups is 2. The molecule has 2 rings (SSSR count). The Morgan fingerprint density at radius 3 is 2.30 bits per heavy atom. The zero-order valence-corrected chi connectivity index (χ0v) is 10.7. The first-order valence-electron chi connectivity index (χ1n) is 4.81. The fourth-order valence-electron chi connectivity index (χ4n) is 1.40. The smallest absolute Gasteiger partial charge is 0.251 e. The van der Waals surface area contributed by atoms with Crippen LogP contribution in [0, 0.1) is 0 Å². The van der Waals surface area contributed by atoms with Gasteiger partial charge in [-0.3, -0.25) is 4.99 Å². The Morgan fingerprint density at radius 1 is 1.15 bits per heavy atom. The second kappa shape index (κ2) is 4.63. The molecule has 0 N–H and O–H groups in total. The molecule has 1 unspecified atom stereocenters. The molecule has 0 saturated carbocycles. The number of hydrogen-bond acceptors (Lipinski definition) is 4. The highest BCUT2D eigenvalue weighted by atomic mass is 79.9. The maximum Gasteiger partial charge on any atom is 0.429 e. The van der Waals surface area contributed by atoms with Gasteiger partial charge in [0.15, 0.2) is 6.20 Å². The van der Waals surface area contributed by atoms with E-state index >= 15 is 0 Å². The largest absolute Gasteiger partial charge is 0.429 e. The first kappa shape index (κ1) is 15.1. The van der Waals surface area contributed by atoms with Gasteiger partial charge in [0.25, 0.3) is 4.74 Å². The highest BCUT2D eigenvalue weighted by molar-refractivity contribution is 9.18. The summed E-state index contributed by atoms with van der Waals surface area (Å²) in [4.78, 5) is 11.3. The second-order valence-corrected chi connectivity index (χ2v) is 4.32. The van der Waals surface area contributed by atoms with E-state index in [-0.39, 0.29) is 10.6 Å². The van der Waals surface area contributed by atoms with Crippen molar-refractivity contribution < 1.29 is 35.9 Å². The minimum atomic E-state index is -5.65. The number of fused-ring (bicyclic) bond motifs is 1. The molecular formula is C8H4BrF6N4O+. The Bertz CT molecular complexity index is 522. The Balaban J connectivity index is 2.39. The molecule has 0 aromatic rings. The van der Waals surface area contributed by atoms with Crippen molar-refractivity contribution in [1.82, 2.24) is 0 Å². The Hall–Kier alpha value is -1.27. The molecule has 0 fully saturated rings. The first-order chi connectivity index (χ1) is 9.05. The Morgan fingerprint density at radius 2 is 1.75 bits per heavy atom. The van der Waals surface area contributed by atoms with Gasteiger partial charge in [-0.25, -0.2) is 0 Å². The summed E-state index contributed by atoms with van der Waals surface area (Å²) in [7, 11) is 0. The van der Waals surface area contributed by atoms with Crippen LogP contribution in [0.3, 0.4) is 0 Å². The zero-order valence-electron chi connectivity index (χ0n) is 9.15. The van der Waals surface area contributed by atoms with Gasteiger partial charge in [-0.15, -0.1) is 4.84 Å². The monoisotopic (exact) mass is 365 g/mol. The minimum Gasteiger partial charge on any atom is -0.251 e. The van der Waals surface area contributed by atoms with Crippen LogP contribution in [0.1, 0.15) is 0 Å². The summed E-state index contributed by atoms with van der Waals surface area (Å²) in [6.45, 7) is 0. The fraction of sp³-hybridized carbons (Fsp3) is 0.375. The third-order valence-corrected chi connectivity index (χ3v) is 2.51. The molecule has 1 atom stereocenters. The van der Waals surface area contributed by atoms with Crippen molar-refractivity contribution in [3.63, 3.8) is 0 Å². The topological polar surface area (TPSA) is 46.3 Å². The molecule has 0 spiro atoms. The second-order valence-electron chi connectivity index (χ2n) is 3.61. The average Bonchev–Trinajstić information content (AvgIpc) is 2.59. The molecular weight excluding hydrogens is 362 g/mol. The molecule has 0 radical (unpaired) electrons. The molecule has 0 saturated heterocycles. The molecule has 12 heteroatoms. The molecule has 0 amide bonds. The number of rotatable bonds is 2. The summed E-state index contributed by atoms with van der Waals surface area (Å²) in [6.07, 6.45) is -12.6. The van der Waals surface area contributed by atoms with Crippen LogP contribution in [-0.2, 0) is 4.84 Å². The summed E-state index contributed by atoms with van der Waals surface area (Å²) in [5, 5.41) is 3.48. The van der Waals surface area contributed by atoms with Gasteiger partial charge in [-0.1, -0.05) is 0 Å². The van der Waals surface area contributed by atoms with Crippen LogP contribution in [0.5, 0.6) is 0 Å². The van der Waals surface area contributed by atoms with E-state index in [2.05, 4.69) is 35.9 Å². The normalized spacial score (nSPS) is 25.8. The number of hydroxylamine groups is 2. The van der Waals surface area contributed by atoms with Gasteiger partial charge in [0.2, 0.25) is 0 Å². The van der Waals surface area contributed by atoms with Crippen LogP contribution in [0.2, 0.25) is 0 Å². The van der Waals surface area contributed by atoms with Gasteiger partial charge in [-0.2, -0.15) is 31.3 Å². The van der Waals surface area contributed by atoms with Crippen LogP contribution >= 0.6 is 15.9 Å². The number of nitrogens with zero attached hydrogens (tertiary/aromatic N) is 4. The lowest BCUT2D eigenvalue weighted by Crippen LogP contribution is -2.54. The summed E-state index contributed by atoms with van der Waals surface area (Å²) in [6, 6.07) is 0. The lowest BCUT2D eigenvalue weighted by atomic mass is 10.3. The van der Waals surface area contributed by atoms with Crippen LogP contribution in [-0.4, -0.2) is 40.0 Å². The van der Waals surface area contributed by atoms with Crippen molar-refractivity contribution in [3.05, 3.63) is 12.4 Å². The van der Waals surface area contributed by atoms with Crippen molar-refractivity contribution in [2.45, 2.75) is 18.5 Å². The number of amidine groups is 2. The fourth-order valence-corrected chi connectivity index (χ4v) is 1.82. The Labute approximate surface area is 115 Å². The molecule has 2 heterocycles. The third-order valence-electron chi connectivity index (χ3n) is 2.17. The summed E-state index contributed by atoms with van der Waals surface area (Å²) < 4.78 is 73.3. The van der Waals surface area contributed by atoms with Gasteiger partial charge in [-0.05, 0) is 5.10 Å². The lowest BCUT2D eigenvalue weighted by Gasteiger charge is -2.28. The number of alkyl halides is 6. The minimum absolute atomic E-state index is 0.214. The summed E-state index contributed by atoms with van der Waals surface area (Å²) >= 11 is 2.76. The van der Waals surface area contributed by atoms with E-state index in [1.807, 2.05) is 0 Å². The highest BCUT2D eigenvalue weighted by Gasteiger charge is 2.64.